The Labute approximate surface area is 66.7 Å². The van der Waals surface area contributed by atoms with Gasteiger partial charge in [-0.1, -0.05) is 30.3 Å². The summed E-state index contributed by atoms with van der Waals surface area (Å²) < 4.78 is 0. The van der Waals surface area contributed by atoms with Crippen LogP contribution in [-0.4, -0.2) is 11.7 Å². The molecule has 0 aromatic heterocycles. The van der Waals surface area contributed by atoms with E-state index in [-0.39, 0.29) is 0 Å². The molecule has 1 saturated carbocycles. The average Bonchev–Trinajstić information content (AvgIpc) is 2.85. The molecule has 2 rings (SSSR count). The number of hydrogen-bond donors (Lipinski definition) is 1. The molecule has 0 radical (unpaired) electrons. The third-order valence-corrected chi connectivity index (χ3v) is 2.38. The lowest BCUT2D eigenvalue weighted by atomic mass is 10.1. The van der Waals surface area contributed by atoms with Crippen LogP contribution in [0.3, 0.4) is 0 Å². The molecule has 1 aromatic carbocycles. The van der Waals surface area contributed by atoms with Crippen LogP contribution in [0.2, 0.25) is 0 Å². The molecule has 0 amide bonds. The highest BCUT2D eigenvalue weighted by Gasteiger charge is 2.37. The monoisotopic (exact) mass is 148 g/mol. The highest BCUT2D eigenvalue weighted by atomic mass is 16.3. The highest BCUT2D eigenvalue weighted by Crippen LogP contribution is 2.46. The van der Waals surface area contributed by atoms with Crippen molar-refractivity contribution in [2.24, 2.45) is 5.92 Å². The van der Waals surface area contributed by atoms with E-state index in [1.807, 2.05) is 6.07 Å². The van der Waals surface area contributed by atoms with Gasteiger partial charge in [0.2, 0.25) is 0 Å². The minimum absolute atomic E-state index is 0.347. The smallest absolute Gasteiger partial charge is 0.0465 e. The molecule has 0 unspecified atom stereocenters. The third-order valence-electron chi connectivity index (χ3n) is 2.38. The Kier molecular flexibility index (Phi) is 1.66. The Balaban J connectivity index is 2.09. The first-order valence-corrected chi connectivity index (χ1v) is 4.07. The summed E-state index contributed by atoms with van der Waals surface area (Å²) in [6.45, 7) is 0.347. The summed E-state index contributed by atoms with van der Waals surface area (Å²) in [5.41, 5.74) is 1.38. The van der Waals surface area contributed by atoms with Crippen molar-refractivity contribution in [3.05, 3.63) is 35.9 Å². The van der Waals surface area contributed by atoms with Crippen LogP contribution in [0.15, 0.2) is 30.3 Å². The third kappa shape index (κ3) is 1.29. The van der Waals surface area contributed by atoms with E-state index >= 15 is 0 Å². The van der Waals surface area contributed by atoms with Gasteiger partial charge in [-0.25, -0.2) is 0 Å². The molecule has 1 aromatic rings. The zero-order valence-corrected chi connectivity index (χ0v) is 6.40. The van der Waals surface area contributed by atoms with E-state index in [2.05, 4.69) is 24.3 Å². The molecule has 1 aliphatic carbocycles. The summed E-state index contributed by atoms with van der Waals surface area (Å²) in [6, 6.07) is 10.4. The van der Waals surface area contributed by atoms with Gasteiger partial charge in [0.1, 0.15) is 0 Å². The lowest BCUT2D eigenvalue weighted by molar-refractivity contribution is 0.274. The van der Waals surface area contributed by atoms with Crippen LogP contribution >= 0.6 is 0 Å². The summed E-state index contributed by atoms with van der Waals surface area (Å²) in [7, 11) is 0. The van der Waals surface area contributed by atoms with E-state index in [0.29, 0.717) is 18.4 Å². The Morgan fingerprint density at radius 2 is 2.00 bits per heavy atom. The number of hydrogen-bond acceptors (Lipinski definition) is 1. The molecule has 58 valence electrons. The maximum Gasteiger partial charge on any atom is 0.0465 e. The van der Waals surface area contributed by atoms with Crippen LogP contribution in [0.4, 0.5) is 0 Å². The van der Waals surface area contributed by atoms with Crippen LogP contribution in [0, 0.1) is 5.92 Å². The molecule has 0 saturated heterocycles. The van der Waals surface area contributed by atoms with Crippen LogP contribution in [-0.2, 0) is 0 Å². The molecular formula is C10H12O. The highest BCUT2D eigenvalue weighted by molar-refractivity contribution is 5.25. The minimum atomic E-state index is 0.347. The van der Waals surface area contributed by atoms with E-state index in [4.69, 9.17) is 5.11 Å². The number of rotatable bonds is 2. The molecule has 1 fully saturated rings. The van der Waals surface area contributed by atoms with Crippen LogP contribution in [0.25, 0.3) is 0 Å². The molecular weight excluding hydrogens is 136 g/mol. The first-order valence-electron chi connectivity index (χ1n) is 4.07. The topological polar surface area (TPSA) is 20.2 Å². The summed E-state index contributed by atoms with van der Waals surface area (Å²) >= 11 is 0. The molecule has 1 aliphatic rings. The minimum Gasteiger partial charge on any atom is -0.396 e. The molecule has 0 aliphatic heterocycles. The van der Waals surface area contributed by atoms with Crippen LogP contribution < -0.4 is 0 Å². The maximum absolute atomic E-state index is 8.84. The van der Waals surface area contributed by atoms with Crippen molar-refractivity contribution in [3.8, 4) is 0 Å². The molecule has 0 spiro atoms. The molecule has 1 heteroatoms. The first kappa shape index (κ1) is 6.86. The molecule has 2 atom stereocenters. The summed E-state index contributed by atoms with van der Waals surface area (Å²) in [4.78, 5) is 0. The van der Waals surface area contributed by atoms with E-state index in [1.54, 1.807) is 0 Å². The molecule has 0 bridgehead atoms. The van der Waals surface area contributed by atoms with Crippen molar-refractivity contribution in [1.82, 2.24) is 0 Å². The first-order chi connectivity index (χ1) is 5.42. The van der Waals surface area contributed by atoms with Gasteiger partial charge in [-0.2, -0.15) is 0 Å². The number of benzene rings is 1. The van der Waals surface area contributed by atoms with Gasteiger partial charge in [0.05, 0.1) is 0 Å². The van der Waals surface area contributed by atoms with Crippen molar-refractivity contribution in [3.63, 3.8) is 0 Å². The summed E-state index contributed by atoms with van der Waals surface area (Å²) in [5.74, 6) is 1.18. The Hall–Kier alpha value is -0.820. The standard InChI is InChI=1S/C10H12O/c11-7-9-6-10(9)8-4-2-1-3-5-8/h1-5,9-11H,6-7H2/t9-,10-/m1/s1. The van der Waals surface area contributed by atoms with Gasteiger partial charge in [0, 0.05) is 6.61 Å². The van der Waals surface area contributed by atoms with Crippen LogP contribution in [0.5, 0.6) is 0 Å². The zero-order valence-electron chi connectivity index (χ0n) is 6.40. The zero-order chi connectivity index (χ0) is 7.68. The Bertz CT molecular complexity index is 230. The second kappa shape index (κ2) is 2.67. The Morgan fingerprint density at radius 1 is 1.27 bits per heavy atom. The fourth-order valence-corrected chi connectivity index (χ4v) is 1.56. The summed E-state index contributed by atoms with van der Waals surface area (Å²) in [6.07, 6.45) is 1.17. The van der Waals surface area contributed by atoms with Crippen molar-refractivity contribution in [2.45, 2.75) is 12.3 Å². The second-order valence-corrected chi connectivity index (χ2v) is 3.20. The molecule has 0 heterocycles. The SMILES string of the molecule is OC[C@H]1C[C@@H]1c1ccccc1. The fourth-order valence-electron chi connectivity index (χ4n) is 1.56. The van der Waals surface area contributed by atoms with Gasteiger partial charge < -0.3 is 5.11 Å². The second-order valence-electron chi connectivity index (χ2n) is 3.20. The quantitative estimate of drug-likeness (QED) is 0.677. The predicted molar refractivity (Wildman–Crippen MR) is 44.4 cm³/mol. The number of aliphatic hydroxyl groups is 1. The lowest BCUT2D eigenvalue weighted by Gasteiger charge is -1.96. The molecule has 1 N–H and O–H groups in total. The van der Waals surface area contributed by atoms with Crippen molar-refractivity contribution >= 4 is 0 Å². The lowest BCUT2D eigenvalue weighted by Crippen LogP contribution is -1.87. The van der Waals surface area contributed by atoms with Gasteiger partial charge in [0.25, 0.3) is 0 Å². The normalized spacial score (nSPS) is 28.5. The predicted octanol–water partition coefficient (Wildman–Crippen LogP) is 1.78. The van der Waals surface area contributed by atoms with Gasteiger partial charge in [-0.05, 0) is 23.8 Å². The molecule has 1 nitrogen and oxygen atoms in total. The van der Waals surface area contributed by atoms with Gasteiger partial charge in [-0.3, -0.25) is 0 Å². The fraction of sp³-hybridized carbons (Fsp3) is 0.400. The average molecular weight is 148 g/mol. The van der Waals surface area contributed by atoms with Crippen LogP contribution in [0.1, 0.15) is 17.9 Å². The van der Waals surface area contributed by atoms with Crippen molar-refractivity contribution in [2.75, 3.05) is 6.61 Å². The van der Waals surface area contributed by atoms with E-state index in [9.17, 15) is 0 Å². The van der Waals surface area contributed by atoms with E-state index in [0.717, 1.165) is 0 Å². The van der Waals surface area contributed by atoms with Gasteiger partial charge in [0.15, 0.2) is 0 Å². The van der Waals surface area contributed by atoms with E-state index < -0.39 is 0 Å². The van der Waals surface area contributed by atoms with Gasteiger partial charge in [-0.15, -0.1) is 0 Å². The van der Waals surface area contributed by atoms with Crippen molar-refractivity contribution < 1.29 is 5.11 Å². The molecule has 11 heavy (non-hydrogen) atoms. The number of aliphatic hydroxyl groups excluding tert-OH is 1. The largest absolute Gasteiger partial charge is 0.396 e. The maximum atomic E-state index is 8.84. The Morgan fingerprint density at radius 3 is 2.55 bits per heavy atom. The van der Waals surface area contributed by atoms with E-state index in [1.165, 1.54) is 12.0 Å². The summed E-state index contributed by atoms with van der Waals surface area (Å²) in [5, 5.41) is 8.84. The van der Waals surface area contributed by atoms with Gasteiger partial charge >= 0.3 is 0 Å². The van der Waals surface area contributed by atoms with Crippen molar-refractivity contribution in [1.29, 1.82) is 0 Å².